The van der Waals surface area contributed by atoms with Crippen LogP contribution >= 0.6 is 0 Å². The van der Waals surface area contributed by atoms with Crippen LogP contribution in [-0.2, 0) is 11.8 Å². The molecule has 0 aromatic carbocycles. The van der Waals surface area contributed by atoms with E-state index in [4.69, 9.17) is 4.74 Å². The van der Waals surface area contributed by atoms with Crippen molar-refractivity contribution >= 4 is 0 Å². The van der Waals surface area contributed by atoms with Gasteiger partial charge in [0.05, 0.1) is 12.2 Å². The Morgan fingerprint density at radius 3 is 2.93 bits per heavy atom. The Balaban J connectivity index is 2.09. The third-order valence-electron chi connectivity index (χ3n) is 2.74. The fourth-order valence-corrected chi connectivity index (χ4v) is 1.89. The summed E-state index contributed by atoms with van der Waals surface area (Å²) in [6.45, 7) is 2.03. The van der Waals surface area contributed by atoms with Crippen molar-refractivity contribution in [2.75, 3.05) is 0 Å². The SMILES string of the molecule is CC1CCC(C(O)c2nccn2C)O1. The number of aromatic nitrogens is 2. The number of aliphatic hydroxyl groups excluding tert-OH is 1. The Kier molecular flexibility index (Phi) is 2.56. The highest BCUT2D eigenvalue weighted by molar-refractivity contribution is 4.99. The van der Waals surface area contributed by atoms with E-state index in [0.29, 0.717) is 5.82 Å². The molecule has 1 saturated heterocycles. The van der Waals surface area contributed by atoms with Crippen molar-refractivity contribution in [2.45, 2.75) is 38.1 Å². The van der Waals surface area contributed by atoms with Crippen molar-refractivity contribution < 1.29 is 9.84 Å². The lowest BCUT2D eigenvalue weighted by Gasteiger charge is -2.17. The maximum absolute atomic E-state index is 10.00. The Labute approximate surface area is 83.5 Å². The van der Waals surface area contributed by atoms with E-state index in [1.807, 2.05) is 24.7 Å². The molecule has 1 aliphatic heterocycles. The number of ether oxygens (including phenoxy) is 1. The van der Waals surface area contributed by atoms with Crippen LogP contribution in [0.1, 0.15) is 31.7 Å². The van der Waals surface area contributed by atoms with Gasteiger partial charge in [-0.2, -0.15) is 0 Å². The first-order chi connectivity index (χ1) is 6.68. The standard InChI is InChI=1S/C10H16N2O2/c1-7-3-4-8(14-7)9(13)10-11-5-6-12(10)2/h5-9,13H,3-4H2,1-2H3. The third kappa shape index (κ3) is 1.67. The second-order valence-corrected chi connectivity index (χ2v) is 3.90. The number of aliphatic hydroxyl groups is 1. The van der Waals surface area contributed by atoms with Crippen LogP contribution in [0.3, 0.4) is 0 Å². The molecule has 3 atom stereocenters. The molecule has 2 heterocycles. The molecule has 0 aliphatic carbocycles. The van der Waals surface area contributed by atoms with Crippen LogP contribution in [0, 0.1) is 0 Å². The van der Waals surface area contributed by atoms with Gasteiger partial charge in [-0.1, -0.05) is 0 Å². The summed E-state index contributed by atoms with van der Waals surface area (Å²) in [5.41, 5.74) is 0. The van der Waals surface area contributed by atoms with Gasteiger partial charge in [-0.3, -0.25) is 0 Å². The van der Waals surface area contributed by atoms with Gasteiger partial charge in [-0.25, -0.2) is 4.98 Å². The summed E-state index contributed by atoms with van der Waals surface area (Å²) in [4.78, 5) is 4.12. The Morgan fingerprint density at radius 2 is 2.43 bits per heavy atom. The van der Waals surface area contributed by atoms with E-state index in [0.717, 1.165) is 12.8 Å². The highest BCUT2D eigenvalue weighted by Crippen LogP contribution is 2.28. The fraction of sp³-hybridized carbons (Fsp3) is 0.700. The van der Waals surface area contributed by atoms with E-state index >= 15 is 0 Å². The van der Waals surface area contributed by atoms with Crippen molar-refractivity contribution in [2.24, 2.45) is 7.05 Å². The average Bonchev–Trinajstić information content (AvgIpc) is 2.73. The van der Waals surface area contributed by atoms with E-state index in [2.05, 4.69) is 4.98 Å². The highest BCUT2D eigenvalue weighted by Gasteiger charge is 2.31. The van der Waals surface area contributed by atoms with Crippen LogP contribution in [0.15, 0.2) is 12.4 Å². The molecule has 0 amide bonds. The van der Waals surface area contributed by atoms with E-state index in [-0.39, 0.29) is 12.2 Å². The summed E-state index contributed by atoms with van der Waals surface area (Å²) in [5.74, 6) is 0.684. The molecule has 0 bridgehead atoms. The Morgan fingerprint density at radius 1 is 1.64 bits per heavy atom. The zero-order valence-corrected chi connectivity index (χ0v) is 8.55. The fourth-order valence-electron chi connectivity index (χ4n) is 1.89. The molecule has 1 aliphatic rings. The smallest absolute Gasteiger partial charge is 0.140 e. The largest absolute Gasteiger partial charge is 0.382 e. The summed E-state index contributed by atoms with van der Waals surface area (Å²) in [6.07, 6.45) is 5.02. The van der Waals surface area contributed by atoms with Crippen LogP contribution < -0.4 is 0 Å². The number of hydrogen-bond acceptors (Lipinski definition) is 3. The first kappa shape index (κ1) is 9.68. The molecule has 3 unspecified atom stereocenters. The molecule has 1 N–H and O–H groups in total. The molecule has 4 nitrogen and oxygen atoms in total. The molecular formula is C10H16N2O2. The van der Waals surface area contributed by atoms with Crippen LogP contribution in [-0.4, -0.2) is 26.9 Å². The molecule has 0 spiro atoms. The van der Waals surface area contributed by atoms with Crippen LogP contribution in [0.5, 0.6) is 0 Å². The number of imidazole rings is 1. The first-order valence-corrected chi connectivity index (χ1v) is 4.99. The lowest BCUT2D eigenvalue weighted by molar-refractivity contribution is -0.0342. The van der Waals surface area contributed by atoms with Crippen LogP contribution in [0.2, 0.25) is 0 Å². The molecular weight excluding hydrogens is 180 g/mol. The van der Waals surface area contributed by atoms with Gasteiger partial charge in [-0.15, -0.1) is 0 Å². The maximum atomic E-state index is 10.00. The number of rotatable bonds is 2. The second kappa shape index (κ2) is 3.71. The van der Waals surface area contributed by atoms with Gasteiger partial charge in [0.25, 0.3) is 0 Å². The highest BCUT2D eigenvalue weighted by atomic mass is 16.5. The summed E-state index contributed by atoms with van der Waals surface area (Å²) >= 11 is 0. The van der Waals surface area contributed by atoms with Gasteiger partial charge in [-0.05, 0) is 19.8 Å². The van der Waals surface area contributed by atoms with Crippen molar-refractivity contribution in [1.29, 1.82) is 0 Å². The number of hydrogen-bond donors (Lipinski definition) is 1. The molecule has 1 fully saturated rings. The molecule has 0 saturated carbocycles. The van der Waals surface area contributed by atoms with Gasteiger partial charge in [0.1, 0.15) is 11.9 Å². The Hall–Kier alpha value is -0.870. The predicted molar refractivity (Wildman–Crippen MR) is 51.7 cm³/mol. The van der Waals surface area contributed by atoms with Gasteiger partial charge < -0.3 is 14.4 Å². The maximum Gasteiger partial charge on any atom is 0.140 e. The van der Waals surface area contributed by atoms with Crippen LogP contribution in [0.25, 0.3) is 0 Å². The molecule has 1 aromatic heterocycles. The molecule has 14 heavy (non-hydrogen) atoms. The van der Waals surface area contributed by atoms with E-state index < -0.39 is 6.10 Å². The molecule has 1 aromatic rings. The summed E-state index contributed by atoms with van der Waals surface area (Å²) in [5, 5.41) is 10.00. The van der Waals surface area contributed by atoms with E-state index in [9.17, 15) is 5.11 Å². The number of aryl methyl sites for hydroxylation is 1. The molecule has 0 radical (unpaired) electrons. The van der Waals surface area contributed by atoms with Gasteiger partial charge in [0.2, 0.25) is 0 Å². The summed E-state index contributed by atoms with van der Waals surface area (Å²) in [6, 6.07) is 0. The van der Waals surface area contributed by atoms with Gasteiger partial charge in [0.15, 0.2) is 0 Å². The van der Waals surface area contributed by atoms with Crippen LogP contribution in [0.4, 0.5) is 0 Å². The van der Waals surface area contributed by atoms with Crippen molar-refractivity contribution in [3.63, 3.8) is 0 Å². The van der Waals surface area contributed by atoms with Crippen molar-refractivity contribution in [3.8, 4) is 0 Å². The summed E-state index contributed by atoms with van der Waals surface area (Å²) in [7, 11) is 1.88. The first-order valence-electron chi connectivity index (χ1n) is 4.99. The van der Waals surface area contributed by atoms with E-state index in [1.165, 1.54) is 0 Å². The minimum Gasteiger partial charge on any atom is -0.382 e. The second-order valence-electron chi connectivity index (χ2n) is 3.90. The zero-order valence-electron chi connectivity index (χ0n) is 8.55. The van der Waals surface area contributed by atoms with Crippen molar-refractivity contribution in [3.05, 3.63) is 18.2 Å². The minimum absolute atomic E-state index is 0.0916. The molecule has 2 rings (SSSR count). The molecule has 78 valence electrons. The third-order valence-corrected chi connectivity index (χ3v) is 2.74. The monoisotopic (exact) mass is 196 g/mol. The van der Waals surface area contributed by atoms with Crippen molar-refractivity contribution in [1.82, 2.24) is 9.55 Å². The van der Waals surface area contributed by atoms with E-state index in [1.54, 1.807) is 6.20 Å². The minimum atomic E-state index is -0.597. The predicted octanol–water partition coefficient (Wildman–Crippen LogP) is 1.02. The quantitative estimate of drug-likeness (QED) is 0.768. The van der Waals surface area contributed by atoms with Gasteiger partial charge in [0, 0.05) is 19.4 Å². The lowest BCUT2D eigenvalue weighted by atomic mass is 10.1. The molecule has 4 heteroatoms. The normalized spacial score (nSPS) is 29.4. The lowest BCUT2D eigenvalue weighted by Crippen LogP contribution is -2.21. The number of nitrogens with zero attached hydrogens (tertiary/aromatic N) is 2. The van der Waals surface area contributed by atoms with Gasteiger partial charge >= 0.3 is 0 Å². The Bertz CT molecular complexity index is 311. The zero-order chi connectivity index (χ0) is 10.1. The topological polar surface area (TPSA) is 47.3 Å². The average molecular weight is 196 g/mol. The summed E-state index contributed by atoms with van der Waals surface area (Å²) < 4.78 is 7.43.